The van der Waals surface area contributed by atoms with Gasteiger partial charge in [0.05, 0.1) is 19.3 Å². The fourth-order valence-electron chi connectivity index (χ4n) is 2.16. The Kier molecular flexibility index (Phi) is 2.79. The molecule has 0 bridgehead atoms. The zero-order valence-corrected chi connectivity index (χ0v) is 10.3. The number of fused-ring (bicyclic) bond motifs is 1. The number of rotatable bonds is 3. The summed E-state index contributed by atoms with van der Waals surface area (Å²) in [4.78, 5) is 19.4. The third-order valence-electron chi connectivity index (χ3n) is 3.11. The van der Waals surface area contributed by atoms with E-state index < -0.39 is 11.9 Å². The van der Waals surface area contributed by atoms with Gasteiger partial charge in [-0.2, -0.15) is 14.6 Å². The Bertz CT molecular complexity index is 626. The quantitative estimate of drug-likeness (QED) is 0.800. The molecule has 2 aromatic rings. The topological polar surface area (TPSA) is 102 Å². The lowest BCUT2D eigenvalue weighted by Gasteiger charge is -2.17. The van der Waals surface area contributed by atoms with Crippen LogP contribution in [0.1, 0.15) is 5.69 Å². The molecule has 1 aliphatic heterocycles. The van der Waals surface area contributed by atoms with Crippen molar-refractivity contribution in [2.24, 2.45) is 5.92 Å². The number of ether oxygens (including phenoxy) is 1. The van der Waals surface area contributed by atoms with Gasteiger partial charge in [0, 0.05) is 11.8 Å². The summed E-state index contributed by atoms with van der Waals surface area (Å²) in [6.07, 6.45) is 1.41. The van der Waals surface area contributed by atoms with Crippen molar-refractivity contribution in [3.8, 4) is 0 Å². The van der Waals surface area contributed by atoms with Gasteiger partial charge < -0.3 is 15.2 Å². The first kappa shape index (κ1) is 11.8. The Hall–Kier alpha value is -2.22. The molecule has 8 nitrogen and oxygen atoms in total. The number of aryl methyl sites for hydroxylation is 1. The van der Waals surface area contributed by atoms with Crippen molar-refractivity contribution in [2.45, 2.75) is 13.0 Å². The Balaban J connectivity index is 1.92. The summed E-state index contributed by atoms with van der Waals surface area (Å²) in [5.74, 6) is -0.280. The van der Waals surface area contributed by atoms with Crippen molar-refractivity contribution < 1.29 is 14.6 Å². The van der Waals surface area contributed by atoms with Gasteiger partial charge in [-0.05, 0) is 6.92 Å². The molecule has 0 amide bonds. The van der Waals surface area contributed by atoms with Crippen molar-refractivity contribution in [1.82, 2.24) is 19.6 Å². The lowest BCUT2D eigenvalue weighted by Crippen LogP contribution is -2.33. The van der Waals surface area contributed by atoms with Gasteiger partial charge in [-0.25, -0.2) is 4.98 Å². The molecule has 0 aliphatic carbocycles. The number of carbonyl (C=O) groups is 1. The van der Waals surface area contributed by atoms with Crippen molar-refractivity contribution in [3.05, 3.63) is 18.1 Å². The summed E-state index contributed by atoms with van der Waals surface area (Å²) in [6, 6.07) is 1.52. The number of hydrogen-bond donors (Lipinski definition) is 2. The minimum Gasteiger partial charge on any atom is -0.481 e. The van der Waals surface area contributed by atoms with Crippen LogP contribution in [0.5, 0.6) is 0 Å². The summed E-state index contributed by atoms with van der Waals surface area (Å²) in [7, 11) is 0. The highest BCUT2D eigenvalue weighted by Crippen LogP contribution is 2.20. The number of nitrogens with zero attached hydrogens (tertiary/aromatic N) is 4. The van der Waals surface area contributed by atoms with E-state index in [9.17, 15) is 4.79 Å². The molecule has 0 spiro atoms. The Morgan fingerprint density at radius 3 is 3.21 bits per heavy atom. The number of anilines is 1. The molecule has 0 saturated carbocycles. The number of nitrogens with one attached hydrogen (secondary N) is 1. The fraction of sp³-hybridized carbons (Fsp3) is 0.455. The van der Waals surface area contributed by atoms with Gasteiger partial charge in [0.15, 0.2) is 0 Å². The standard InChI is InChI=1S/C11H13N5O3/c1-6-2-9(16-11(14-6)12-5-13-16)15-8-4-19-3-7(8)10(17)18/h2,5,7-8,15H,3-4H2,1H3,(H,17,18). The molecule has 8 heteroatoms. The maximum absolute atomic E-state index is 11.1. The van der Waals surface area contributed by atoms with Crippen molar-refractivity contribution in [3.63, 3.8) is 0 Å². The van der Waals surface area contributed by atoms with E-state index in [-0.39, 0.29) is 12.6 Å². The summed E-state index contributed by atoms with van der Waals surface area (Å²) in [5.41, 5.74) is 0.786. The monoisotopic (exact) mass is 263 g/mol. The van der Waals surface area contributed by atoms with Crippen LogP contribution in [0.25, 0.3) is 5.78 Å². The molecule has 2 unspecified atom stereocenters. The first-order chi connectivity index (χ1) is 9.15. The predicted octanol–water partition coefficient (Wildman–Crippen LogP) is -0.0558. The summed E-state index contributed by atoms with van der Waals surface area (Å²) >= 11 is 0. The van der Waals surface area contributed by atoms with Crippen molar-refractivity contribution in [2.75, 3.05) is 18.5 Å². The van der Waals surface area contributed by atoms with Crippen molar-refractivity contribution >= 4 is 17.6 Å². The number of aromatic nitrogens is 4. The van der Waals surface area contributed by atoms with Crippen LogP contribution in [0.3, 0.4) is 0 Å². The second-order valence-corrected chi connectivity index (χ2v) is 4.49. The van der Waals surface area contributed by atoms with Gasteiger partial charge in [-0.3, -0.25) is 4.79 Å². The number of hydrogen-bond acceptors (Lipinski definition) is 6. The summed E-state index contributed by atoms with van der Waals surface area (Å²) < 4.78 is 6.77. The molecule has 19 heavy (non-hydrogen) atoms. The SMILES string of the molecule is Cc1cc(NC2COCC2C(=O)O)n2ncnc2n1. The minimum absolute atomic E-state index is 0.220. The van der Waals surface area contributed by atoms with E-state index in [1.165, 1.54) is 6.33 Å². The van der Waals surface area contributed by atoms with Gasteiger partial charge in [0.25, 0.3) is 5.78 Å². The molecule has 3 rings (SSSR count). The molecular weight excluding hydrogens is 250 g/mol. The van der Waals surface area contributed by atoms with Crippen LogP contribution in [0.2, 0.25) is 0 Å². The first-order valence-electron chi connectivity index (χ1n) is 5.89. The van der Waals surface area contributed by atoms with Crippen LogP contribution in [-0.2, 0) is 9.53 Å². The highest BCUT2D eigenvalue weighted by molar-refractivity contribution is 5.72. The Labute approximate surface area is 108 Å². The number of carboxylic acid groups (broad SMARTS) is 1. The lowest BCUT2D eigenvalue weighted by atomic mass is 10.0. The molecule has 2 atom stereocenters. The molecule has 2 N–H and O–H groups in total. The summed E-state index contributed by atoms with van der Waals surface area (Å²) in [6.45, 7) is 2.42. The van der Waals surface area contributed by atoms with Crippen molar-refractivity contribution in [1.29, 1.82) is 0 Å². The molecule has 2 aromatic heterocycles. The van der Waals surface area contributed by atoms with Gasteiger partial charge in [-0.1, -0.05) is 0 Å². The molecule has 100 valence electrons. The van der Waals surface area contributed by atoms with E-state index in [0.717, 1.165) is 5.69 Å². The number of carboxylic acids is 1. The lowest BCUT2D eigenvalue weighted by molar-refractivity contribution is -0.141. The largest absolute Gasteiger partial charge is 0.481 e. The minimum atomic E-state index is -0.865. The molecule has 3 heterocycles. The maximum Gasteiger partial charge on any atom is 0.311 e. The molecule has 1 fully saturated rings. The van der Waals surface area contributed by atoms with Crippen LogP contribution >= 0.6 is 0 Å². The molecule has 0 aromatic carbocycles. The number of aliphatic carboxylic acids is 1. The van der Waals surface area contributed by atoms with Crippen LogP contribution in [0.4, 0.5) is 5.82 Å². The zero-order valence-electron chi connectivity index (χ0n) is 10.3. The third-order valence-corrected chi connectivity index (χ3v) is 3.11. The van der Waals surface area contributed by atoms with Gasteiger partial charge >= 0.3 is 5.97 Å². The van der Waals surface area contributed by atoms with E-state index in [0.29, 0.717) is 18.2 Å². The molecular formula is C11H13N5O3. The summed E-state index contributed by atoms with van der Waals surface area (Å²) in [5, 5.41) is 16.3. The van der Waals surface area contributed by atoms with Crippen LogP contribution < -0.4 is 5.32 Å². The molecule has 1 aliphatic rings. The van der Waals surface area contributed by atoms with Crippen LogP contribution in [0.15, 0.2) is 12.4 Å². The van der Waals surface area contributed by atoms with Gasteiger partial charge in [0.2, 0.25) is 0 Å². The Morgan fingerprint density at radius 1 is 1.58 bits per heavy atom. The van der Waals surface area contributed by atoms with Crippen LogP contribution in [0, 0.1) is 12.8 Å². The zero-order chi connectivity index (χ0) is 13.4. The van der Waals surface area contributed by atoms with Gasteiger partial charge in [-0.15, -0.1) is 0 Å². The highest BCUT2D eigenvalue weighted by Gasteiger charge is 2.34. The van der Waals surface area contributed by atoms with E-state index in [4.69, 9.17) is 9.84 Å². The van der Waals surface area contributed by atoms with E-state index in [2.05, 4.69) is 20.4 Å². The normalized spacial score (nSPS) is 22.8. The van der Waals surface area contributed by atoms with E-state index in [1.807, 2.05) is 6.92 Å². The molecule has 0 radical (unpaired) electrons. The average molecular weight is 263 g/mol. The van der Waals surface area contributed by atoms with E-state index in [1.54, 1.807) is 10.6 Å². The fourth-order valence-corrected chi connectivity index (χ4v) is 2.16. The van der Waals surface area contributed by atoms with E-state index >= 15 is 0 Å². The second-order valence-electron chi connectivity index (χ2n) is 4.49. The first-order valence-corrected chi connectivity index (χ1v) is 5.89. The maximum atomic E-state index is 11.1. The third kappa shape index (κ3) is 2.10. The van der Waals surface area contributed by atoms with Crippen LogP contribution in [-0.4, -0.2) is 49.9 Å². The molecule has 1 saturated heterocycles. The van der Waals surface area contributed by atoms with Gasteiger partial charge in [0.1, 0.15) is 18.1 Å². The second kappa shape index (κ2) is 4.47. The predicted molar refractivity (Wildman–Crippen MR) is 64.9 cm³/mol. The highest BCUT2D eigenvalue weighted by atomic mass is 16.5. The average Bonchev–Trinajstić information content (AvgIpc) is 2.96. The Morgan fingerprint density at radius 2 is 2.42 bits per heavy atom. The smallest absolute Gasteiger partial charge is 0.311 e.